The molecule has 1 aromatic carbocycles. The molecule has 2 heterocycles. The number of carbonyl (C=O) groups excluding carboxylic acids is 1. The van der Waals surface area contributed by atoms with Crippen molar-refractivity contribution >= 4 is 23.4 Å². The number of H-pyrrole nitrogens is 1. The first-order chi connectivity index (χ1) is 14.1. The Morgan fingerprint density at radius 3 is 2.70 bits per heavy atom. The molecule has 158 valence electrons. The van der Waals surface area contributed by atoms with Gasteiger partial charge in [-0.1, -0.05) is 69.3 Å². The van der Waals surface area contributed by atoms with Gasteiger partial charge < -0.3 is 10.3 Å². The standard InChI is InChI=1S/C24H29N3O2S/c1-13(2)18-19-16(10-24(4,5)11-17(19)28)25-21-20(18)22(29)27-23(26-21)30-12-15-8-6-7-14(3)9-15/h6-9,13,18H,10-12H2,1-5H3,(H2,25,26,27,29)/t18-/m0/s1. The van der Waals surface area contributed by atoms with E-state index in [0.717, 1.165) is 23.4 Å². The number of nitrogens with one attached hydrogen (secondary N) is 2. The number of rotatable bonds is 4. The highest BCUT2D eigenvalue weighted by atomic mass is 32.2. The quantitative estimate of drug-likeness (QED) is 0.524. The number of aromatic nitrogens is 2. The van der Waals surface area contributed by atoms with Crippen LogP contribution in [0.15, 0.2) is 45.5 Å². The van der Waals surface area contributed by atoms with E-state index < -0.39 is 0 Å². The van der Waals surface area contributed by atoms with E-state index in [1.165, 1.54) is 22.9 Å². The van der Waals surface area contributed by atoms with Crippen molar-refractivity contribution in [2.75, 3.05) is 5.32 Å². The Balaban J connectivity index is 1.70. The Labute approximate surface area is 181 Å². The van der Waals surface area contributed by atoms with E-state index in [-0.39, 0.29) is 28.6 Å². The minimum absolute atomic E-state index is 0.0914. The Morgan fingerprint density at radius 1 is 1.23 bits per heavy atom. The summed E-state index contributed by atoms with van der Waals surface area (Å²) in [6.07, 6.45) is 1.30. The molecule has 0 amide bonds. The first-order valence-electron chi connectivity index (χ1n) is 10.5. The molecule has 5 nitrogen and oxygen atoms in total. The maximum absolute atomic E-state index is 13.1. The fourth-order valence-electron chi connectivity index (χ4n) is 4.63. The number of carbonyl (C=O) groups is 1. The van der Waals surface area contributed by atoms with Crippen LogP contribution < -0.4 is 10.9 Å². The van der Waals surface area contributed by atoms with E-state index >= 15 is 0 Å². The molecule has 1 atom stereocenters. The van der Waals surface area contributed by atoms with Crippen LogP contribution in [0, 0.1) is 18.3 Å². The summed E-state index contributed by atoms with van der Waals surface area (Å²) < 4.78 is 0. The SMILES string of the molecule is Cc1cccc(CSc2nc3c(c(=O)[nH]2)[C@@H](C(C)C)C2=C(CC(C)(C)CC2=O)N3)c1. The summed E-state index contributed by atoms with van der Waals surface area (Å²) in [6.45, 7) is 10.4. The lowest BCUT2D eigenvalue weighted by molar-refractivity contribution is -0.118. The second kappa shape index (κ2) is 7.73. The number of hydrogen-bond acceptors (Lipinski definition) is 5. The molecule has 2 N–H and O–H groups in total. The van der Waals surface area contributed by atoms with Crippen LogP contribution in [0.25, 0.3) is 0 Å². The molecule has 6 heteroatoms. The second-order valence-electron chi connectivity index (χ2n) is 9.59. The van der Waals surface area contributed by atoms with Crippen LogP contribution in [0.4, 0.5) is 5.82 Å². The zero-order chi connectivity index (χ0) is 21.6. The highest BCUT2D eigenvalue weighted by molar-refractivity contribution is 7.98. The lowest BCUT2D eigenvalue weighted by atomic mass is 9.68. The van der Waals surface area contributed by atoms with Gasteiger partial charge in [-0.3, -0.25) is 9.59 Å². The first kappa shape index (κ1) is 20.9. The van der Waals surface area contributed by atoms with Crippen molar-refractivity contribution < 1.29 is 4.79 Å². The summed E-state index contributed by atoms with van der Waals surface area (Å²) in [7, 11) is 0. The summed E-state index contributed by atoms with van der Waals surface area (Å²) in [4.78, 5) is 33.8. The molecule has 1 aliphatic carbocycles. The molecule has 1 aromatic heterocycles. The molecule has 0 radical (unpaired) electrons. The predicted molar refractivity (Wildman–Crippen MR) is 122 cm³/mol. The number of aromatic amines is 1. The Hall–Kier alpha value is -2.34. The molecule has 0 saturated carbocycles. The van der Waals surface area contributed by atoms with Gasteiger partial charge in [0.2, 0.25) is 0 Å². The van der Waals surface area contributed by atoms with Crippen LogP contribution in [-0.4, -0.2) is 15.8 Å². The van der Waals surface area contributed by atoms with E-state index in [9.17, 15) is 9.59 Å². The highest BCUT2D eigenvalue weighted by Gasteiger charge is 2.42. The zero-order valence-electron chi connectivity index (χ0n) is 18.3. The van der Waals surface area contributed by atoms with Crippen LogP contribution in [0.5, 0.6) is 0 Å². The fourth-order valence-corrected chi connectivity index (χ4v) is 5.43. The molecule has 0 fully saturated rings. The number of benzene rings is 1. The van der Waals surface area contributed by atoms with Crippen molar-refractivity contribution in [2.45, 2.75) is 64.3 Å². The van der Waals surface area contributed by atoms with Crippen molar-refractivity contribution in [3.05, 3.63) is 62.6 Å². The van der Waals surface area contributed by atoms with Gasteiger partial charge in [-0.25, -0.2) is 4.98 Å². The number of Topliss-reactive ketones (excluding diaryl/α,β-unsaturated/α-hetero) is 1. The van der Waals surface area contributed by atoms with Gasteiger partial charge in [-0.15, -0.1) is 0 Å². The fraction of sp³-hybridized carbons (Fsp3) is 0.458. The number of anilines is 1. The third-order valence-electron chi connectivity index (χ3n) is 5.87. The van der Waals surface area contributed by atoms with Crippen LogP contribution in [0.3, 0.4) is 0 Å². The zero-order valence-corrected chi connectivity index (χ0v) is 19.1. The number of allylic oxidation sites excluding steroid dienone is 2. The van der Waals surface area contributed by atoms with Crippen LogP contribution >= 0.6 is 11.8 Å². The third-order valence-corrected chi connectivity index (χ3v) is 6.81. The second-order valence-corrected chi connectivity index (χ2v) is 10.6. The van der Waals surface area contributed by atoms with Crippen molar-refractivity contribution in [2.24, 2.45) is 11.3 Å². The maximum atomic E-state index is 13.1. The van der Waals surface area contributed by atoms with E-state index in [2.05, 4.69) is 63.1 Å². The third kappa shape index (κ3) is 3.97. The Bertz CT molecular complexity index is 1100. The Kier molecular flexibility index (Phi) is 5.39. The van der Waals surface area contributed by atoms with Gasteiger partial charge in [0, 0.05) is 29.4 Å². The van der Waals surface area contributed by atoms with Crippen molar-refractivity contribution in [3.63, 3.8) is 0 Å². The summed E-state index contributed by atoms with van der Waals surface area (Å²) in [6, 6.07) is 8.33. The molecule has 4 rings (SSSR count). The molecular weight excluding hydrogens is 394 g/mol. The number of hydrogen-bond donors (Lipinski definition) is 2. The summed E-state index contributed by atoms with van der Waals surface area (Å²) in [5.41, 5.74) is 4.48. The topological polar surface area (TPSA) is 74.8 Å². The Morgan fingerprint density at radius 2 is 2.00 bits per heavy atom. The van der Waals surface area contributed by atoms with E-state index in [1.807, 2.05) is 6.07 Å². The van der Waals surface area contributed by atoms with Crippen LogP contribution in [-0.2, 0) is 10.5 Å². The highest BCUT2D eigenvalue weighted by Crippen LogP contribution is 2.47. The molecule has 0 unspecified atom stereocenters. The lowest BCUT2D eigenvalue weighted by Gasteiger charge is -2.39. The van der Waals surface area contributed by atoms with Gasteiger partial charge in [-0.05, 0) is 30.2 Å². The maximum Gasteiger partial charge on any atom is 0.257 e. The van der Waals surface area contributed by atoms with Gasteiger partial charge in [0.1, 0.15) is 5.82 Å². The number of aryl methyl sites for hydroxylation is 1. The molecule has 1 aliphatic heterocycles. The summed E-state index contributed by atoms with van der Waals surface area (Å²) in [5, 5.41) is 3.97. The average molecular weight is 424 g/mol. The van der Waals surface area contributed by atoms with E-state index in [1.54, 1.807) is 0 Å². The molecular formula is C24H29N3O2S. The largest absolute Gasteiger partial charge is 0.343 e. The molecule has 0 saturated heterocycles. The normalized spacial score (nSPS) is 20.1. The molecule has 30 heavy (non-hydrogen) atoms. The minimum Gasteiger partial charge on any atom is -0.343 e. The van der Waals surface area contributed by atoms with Crippen LogP contribution in [0.2, 0.25) is 0 Å². The van der Waals surface area contributed by atoms with Crippen LogP contribution in [0.1, 0.15) is 63.1 Å². The number of fused-ring (bicyclic) bond motifs is 1. The average Bonchev–Trinajstić information content (AvgIpc) is 2.63. The monoisotopic (exact) mass is 423 g/mol. The summed E-state index contributed by atoms with van der Waals surface area (Å²) in [5.74, 6) is 1.40. The lowest BCUT2D eigenvalue weighted by Crippen LogP contribution is -2.38. The minimum atomic E-state index is -0.216. The van der Waals surface area contributed by atoms with Gasteiger partial charge in [0.25, 0.3) is 5.56 Å². The van der Waals surface area contributed by atoms with Gasteiger partial charge in [0.05, 0.1) is 5.56 Å². The molecule has 0 bridgehead atoms. The number of ketones is 1. The molecule has 0 spiro atoms. The number of thioether (sulfide) groups is 1. The van der Waals surface area contributed by atoms with Gasteiger partial charge in [0.15, 0.2) is 10.9 Å². The van der Waals surface area contributed by atoms with Crippen molar-refractivity contribution in [1.82, 2.24) is 9.97 Å². The molecule has 2 aliphatic rings. The smallest absolute Gasteiger partial charge is 0.257 e. The van der Waals surface area contributed by atoms with E-state index in [4.69, 9.17) is 4.98 Å². The number of nitrogens with zero attached hydrogens (tertiary/aromatic N) is 1. The van der Waals surface area contributed by atoms with E-state index in [0.29, 0.717) is 23.0 Å². The van der Waals surface area contributed by atoms with Crippen molar-refractivity contribution in [3.8, 4) is 0 Å². The first-order valence-corrected chi connectivity index (χ1v) is 11.5. The van der Waals surface area contributed by atoms with Crippen molar-refractivity contribution in [1.29, 1.82) is 0 Å². The summed E-state index contributed by atoms with van der Waals surface area (Å²) >= 11 is 1.52. The predicted octanol–water partition coefficient (Wildman–Crippen LogP) is 5.18. The van der Waals surface area contributed by atoms with Gasteiger partial charge in [-0.2, -0.15) is 0 Å². The molecule has 2 aromatic rings. The van der Waals surface area contributed by atoms with Gasteiger partial charge >= 0.3 is 0 Å².